The van der Waals surface area contributed by atoms with Crippen LogP contribution >= 0.6 is 0 Å². The van der Waals surface area contributed by atoms with E-state index in [1.165, 1.54) is 37.5 Å². The molecule has 2 aromatic heterocycles. The Balaban J connectivity index is 1.65. The number of nitrogens with one attached hydrogen (secondary N) is 2. The van der Waals surface area contributed by atoms with Crippen molar-refractivity contribution < 1.29 is 23.0 Å². The number of halogens is 2. The second-order valence-corrected chi connectivity index (χ2v) is 5.70. The summed E-state index contributed by atoms with van der Waals surface area (Å²) < 4.78 is 35.8. The van der Waals surface area contributed by atoms with Crippen LogP contribution in [0.4, 0.5) is 14.5 Å². The minimum atomic E-state index is -3.76. The van der Waals surface area contributed by atoms with Crippen LogP contribution in [0.3, 0.4) is 0 Å². The maximum Gasteiger partial charge on any atom is 0.586 e. The zero-order chi connectivity index (χ0) is 19.3. The maximum atomic E-state index is 13.0. The van der Waals surface area contributed by atoms with Crippen LogP contribution in [-0.2, 0) is 7.05 Å². The lowest BCUT2D eigenvalue weighted by molar-refractivity contribution is -0.286. The Morgan fingerprint density at radius 2 is 1.96 bits per heavy atom. The summed E-state index contributed by atoms with van der Waals surface area (Å²) in [6.07, 6.45) is -2.57. The number of rotatable bonds is 2. The second kappa shape index (κ2) is 5.62. The smallest absolute Gasteiger partial charge is 0.395 e. The number of carbonyl (C=O) groups is 1. The summed E-state index contributed by atoms with van der Waals surface area (Å²) in [5.41, 5.74) is -0.982. The van der Waals surface area contributed by atoms with E-state index in [1.807, 2.05) is 0 Å². The van der Waals surface area contributed by atoms with Gasteiger partial charge < -0.3 is 14.8 Å². The quantitative estimate of drug-likeness (QED) is 0.694. The molecule has 9 nitrogen and oxygen atoms in total. The molecule has 2 N–H and O–H groups in total. The van der Waals surface area contributed by atoms with Gasteiger partial charge in [0.25, 0.3) is 11.5 Å². The molecule has 1 aromatic carbocycles. The maximum absolute atomic E-state index is 13.0. The molecule has 138 valence electrons. The number of anilines is 1. The summed E-state index contributed by atoms with van der Waals surface area (Å²) in [5, 5.41) is 2.54. The summed E-state index contributed by atoms with van der Waals surface area (Å²) >= 11 is 0. The number of carbonyl (C=O) groups excluding carboxylic acids is 1. The lowest BCUT2D eigenvalue weighted by atomic mass is 10.2. The van der Waals surface area contributed by atoms with Gasteiger partial charge in [0.15, 0.2) is 11.5 Å². The third-order valence-electron chi connectivity index (χ3n) is 3.88. The Labute approximate surface area is 148 Å². The zero-order valence-corrected chi connectivity index (χ0v) is 13.6. The molecule has 0 unspecified atom stereocenters. The number of H-pyrrole nitrogens is 1. The van der Waals surface area contributed by atoms with Crippen LogP contribution in [0.15, 0.2) is 40.1 Å². The van der Waals surface area contributed by atoms with Gasteiger partial charge in [-0.05, 0) is 18.2 Å². The number of aromatic amines is 1. The number of alkyl halides is 2. The Hall–Kier alpha value is -3.76. The number of ether oxygens (including phenoxy) is 2. The summed E-state index contributed by atoms with van der Waals surface area (Å²) in [5.74, 6) is -1.01. The van der Waals surface area contributed by atoms with Gasteiger partial charge in [0.05, 0.1) is 10.9 Å². The highest BCUT2D eigenvalue weighted by Crippen LogP contribution is 2.42. The summed E-state index contributed by atoms with van der Waals surface area (Å²) in [6, 6.07) is 5.04. The number of nitrogens with zero attached hydrogens (tertiary/aromatic N) is 2. The van der Waals surface area contributed by atoms with Crippen LogP contribution in [0.1, 0.15) is 10.4 Å². The third kappa shape index (κ3) is 2.88. The fourth-order valence-electron chi connectivity index (χ4n) is 2.59. The first kappa shape index (κ1) is 16.7. The Kier molecular flexibility index (Phi) is 3.48. The lowest BCUT2D eigenvalue weighted by Gasteiger charge is -2.07. The summed E-state index contributed by atoms with van der Waals surface area (Å²) in [4.78, 5) is 42.0. The van der Waals surface area contributed by atoms with E-state index in [-0.39, 0.29) is 33.8 Å². The summed E-state index contributed by atoms with van der Waals surface area (Å²) in [6.45, 7) is 0. The second-order valence-electron chi connectivity index (χ2n) is 5.70. The van der Waals surface area contributed by atoms with E-state index in [4.69, 9.17) is 0 Å². The van der Waals surface area contributed by atoms with Crippen molar-refractivity contribution in [3.63, 3.8) is 0 Å². The monoisotopic (exact) mass is 376 g/mol. The van der Waals surface area contributed by atoms with Crippen LogP contribution in [-0.4, -0.2) is 26.7 Å². The van der Waals surface area contributed by atoms with E-state index in [1.54, 1.807) is 0 Å². The number of pyridine rings is 1. The van der Waals surface area contributed by atoms with E-state index >= 15 is 0 Å². The molecular weight excluding hydrogens is 366 g/mol. The standard InChI is InChI=1S/C16H10F2N4O5/c1-22-12-9(14(24)21-15(22)25)4-7(6-19-12)13(23)20-8-2-3-10-11(5-8)27-16(17,18)26-10/h2-6H,1H3,(H,20,23)(H,21,24,25). The van der Waals surface area contributed by atoms with Gasteiger partial charge in [-0.25, -0.2) is 9.78 Å². The fourth-order valence-corrected chi connectivity index (χ4v) is 2.59. The van der Waals surface area contributed by atoms with Crippen LogP contribution in [0.2, 0.25) is 0 Å². The minimum absolute atomic E-state index is 0.0367. The molecule has 0 saturated carbocycles. The van der Waals surface area contributed by atoms with Gasteiger partial charge in [0.1, 0.15) is 5.65 Å². The summed E-state index contributed by atoms with van der Waals surface area (Å²) in [7, 11) is 1.43. The van der Waals surface area contributed by atoms with Crippen molar-refractivity contribution in [2.45, 2.75) is 6.29 Å². The number of hydrogen-bond acceptors (Lipinski definition) is 6. The molecule has 0 saturated heterocycles. The van der Waals surface area contributed by atoms with Gasteiger partial charge in [-0.1, -0.05) is 0 Å². The minimum Gasteiger partial charge on any atom is -0.395 e. The van der Waals surface area contributed by atoms with E-state index < -0.39 is 23.5 Å². The molecule has 0 bridgehead atoms. The number of aromatic nitrogens is 3. The predicted octanol–water partition coefficient (Wildman–Crippen LogP) is 1.20. The van der Waals surface area contributed by atoms with Crippen LogP contribution in [0, 0.1) is 0 Å². The molecule has 1 aliphatic rings. The number of fused-ring (bicyclic) bond motifs is 2. The predicted molar refractivity (Wildman–Crippen MR) is 88.2 cm³/mol. The van der Waals surface area contributed by atoms with Gasteiger partial charge in [-0.3, -0.25) is 19.1 Å². The molecule has 11 heteroatoms. The largest absolute Gasteiger partial charge is 0.586 e. The molecule has 0 radical (unpaired) electrons. The normalized spacial score (nSPS) is 14.3. The van der Waals surface area contributed by atoms with Crippen molar-refractivity contribution in [3.05, 3.63) is 56.9 Å². The van der Waals surface area contributed by atoms with Crippen LogP contribution in [0.25, 0.3) is 11.0 Å². The van der Waals surface area contributed by atoms with E-state index in [0.717, 1.165) is 4.57 Å². The topological polar surface area (TPSA) is 115 Å². The molecule has 0 atom stereocenters. The van der Waals surface area contributed by atoms with Gasteiger partial charge >= 0.3 is 12.0 Å². The van der Waals surface area contributed by atoms with Gasteiger partial charge in [0, 0.05) is 25.0 Å². The van der Waals surface area contributed by atoms with Crippen molar-refractivity contribution in [3.8, 4) is 11.5 Å². The highest BCUT2D eigenvalue weighted by molar-refractivity contribution is 6.05. The number of hydrogen-bond donors (Lipinski definition) is 2. The lowest BCUT2D eigenvalue weighted by Crippen LogP contribution is -2.29. The van der Waals surface area contributed by atoms with Crippen molar-refractivity contribution >= 4 is 22.6 Å². The van der Waals surface area contributed by atoms with E-state index in [9.17, 15) is 23.2 Å². The molecule has 3 heterocycles. The molecule has 3 aromatic rings. The average Bonchev–Trinajstić information content (AvgIpc) is 2.92. The molecule has 27 heavy (non-hydrogen) atoms. The van der Waals surface area contributed by atoms with Crippen LogP contribution < -0.4 is 26.0 Å². The Bertz CT molecular complexity index is 1220. The van der Waals surface area contributed by atoms with Gasteiger partial charge in [0.2, 0.25) is 0 Å². The van der Waals surface area contributed by atoms with Gasteiger partial charge in [-0.15, -0.1) is 8.78 Å². The average molecular weight is 376 g/mol. The third-order valence-corrected chi connectivity index (χ3v) is 3.88. The van der Waals surface area contributed by atoms with Crippen molar-refractivity contribution in [2.24, 2.45) is 7.05 Å². The molecule has 0 spiro atoms. The molecule has 1 amide bonds. The molecule has 1 aliphatic heterocycles. The van der Waals surface area contributed by atoms with Gasteiger partial charge in [-0.2, -0.15) is 0 Å². The number of benzene rings is 1. The highest BCUT2D eigenvalue weighted by Gasteiger charge is 2.43. The van der Waals surface area contributed by atoms with Crippen LogP contribution in [0.5, 0.6) is 11.5 Å². The first-order valence-electron chi connectivity index (χ1n) is 7.54. The van der Waals surface area contributed by atoms with E-state index in [2.05, 4.69) is 24.8 Å². The Morgan fingerprint density at radius 1 is 1.22 bits per heavy atom. The SMILES string of the molecule is Cn1c(=O)[nH]c(=O)c2cc(C(=O)Nc3ccc4c(c3)OC(F)(F)O4)cnc21. The number of aryl methyl sites for hydroxylation is 1. The molecule has 0 fully saturated rings. The molecule has 0 aliphatic carbocycles. The van der Waals surface area contributed by atoms with Crippen molar-refractivity contribution in [1.29, 1.82) is 0 Å². The molecular formula is C16H10F2N4O5. The fraction of sp³-hybridized carbons (Fsp3) is 0.125. The first-order valence-corrected chi connectivity index (χ1v) is 7.54. The van der Waals surface area contributed by atoms with E-state index in [0.29, 0.717) is 0 Å². The first-order chi connectivity index (χ1) is 12.7. The highest BCUT2D eigenvalue weighted by atomic mass is 19.3. The van der Waals surface area contributed by atoms with Crippen molar-refractivity contribution in [2.75, 3.05) is 5.32 Å². The molecule has 4 rings (SSSR count). The zero-order valence-electron chi connectivity index (χ0n) is 13.6. The Morgan fingerprint density at radius 3 is 2.74 bits per heavy atom. The number of amides is 1. The van der Waals surface area contributed by atoms with Crippen molar-refractivity contribution in [1.82, 2.24) is 14.5 Å².